The largest absolute Gasteiger partial charge is 0.355 e. The molecular weight excluding hydrogens is 264 g/mol. The molecule has 1 saturated heterocycles. The molecule has 0 aromatic carbocycles. The summed E-state index contributed by atoms with van der Waals surface area (Å²) in [6.07, 6.45) is 5.98. The molecule has 1 aliphatic carbocycles. The Balaban J connectivity index is 1.70. The normalized spacial score (nSPS) is 22.8. The van der Waals surface area contributed by atoms with Crippen LogP contribution in [0.3, 0.4) is 0 Å². The van der Waals surface area contributed by atoms with E-state index < -0.39 is 0 Å². The van der Waals surface area contributed by atoms with Crippen LogP contribution in [0.25, 0.3) is 0 Å². The number of nitrogens with zero attached hydrogens (tertiary/aromatic N) is 2. The molecule has 1 heterocycles. The van der Waals surface area contributed by atoms with Crippen LogP contribution in [-0.2, 0) is 4.79 Å². The molecule has 2 rings (SSSR count). The van der Waals surface area contributed by atoms with Crippen LogP contribution in [0.15, 0.2) is 0 Å². The molecule has 5 heteroatoms. The van der Waals surface area contributed by atoms with Crippen molar-refractivity contribution in [2.24, 2.45) is 11.7 Å². The van der Waals surface area contributed by atoms with Crippen molar-refractivity contribution in [2.75, 3.05) is 45.8 Å². The Labute approximate surface area is 129 Å². The van der Waals surface area contributed by atoms with E-state index in [0.29, 0.717) is 12.6 Å². The predicted molar refractivity (Wildman–Crippen MR) is 86.1 cm³/mol. The van der Waals surface area contributed by atoms with Gasteiger partial charge in [-0.1, -0.05) is 6.92 Å². The second kappa shape index (κ2) is 8.71. The van der Waals surface area contributed by atoms with Crippen LogP contribution in [0.4, 0.5) is 0 Å². The van der Waals surface area contributed by atoms with Crippen molar-refractivity contribution in [1.82, 2.24) is 15.1 Å². The smallest absolute Gasteiger partial charge is 0.234 e. The van der Waals surface area contributed by atoms with Gasteiger partial charge in [-0.05, 0) is 57.7 Å². The van der Waals surface area contributed by atoms with Crippen molar-refractivity contribution in [3.05, 3.63) is 0 Å². The van der Waals surface area contributed by atoms with Crippen molar-refractivity contribution in [3.8, 4) is 0 Å². The molecule has 0 aromatic rings. The zero-order valence-electron chi connectivity index (χ0n) is 13.5. The lowest BCUT2D eigenvalue weighted by atomic mass is 10.1. The Morgan fingerprint density at radius 2 is 2.10 bits per heavy atom. The summed E-state index contributed by atoms with van der Waals surface area (Å²) in [5.41, 5.74) is 5.72. The van der Waals surface area contributed by atoms with E-state index in [1.807, 2.05) is 0 Å². The van der Waals surface area contributed by atoms with Gasteiger partial charge in [-0.2, -0.15) is 0 Å². The van der Waals surface area contributed by atoms with Crippen molar-refractivity contribution in [3.63, 3.8) is 0 Å². The lowest BCUT2D eigenvalue weighted by Crippen LogP contribution is -2.41. The molecule has 2 aliphatic rings. The van der Waals surface area contributed by atoms with Crippen LogP contribution in [0.1, 0.15) is 39.0 Å². The van der Waals surface area contributed by atoms with Crippen LogP contribution in [0.5, 0.6) is 0 Å². The van der Waals surface area contributed by atoms with Gasteiger partial charge in [-0.15, -0.1) is 0 Å². The molecular formula is C16H32N4O. The molecule has 21 heavy (non-hydrogen) atoms. The molecule has 0 aromatic heterocycles. The zero-order chi connectivity index (χ0) is 15.1. The molecule has 122 valence electrons. The molecule has 0 bridgehead atoms. The number of carbonyl (C=O) groups is 1. The van der Waals surface area contributed by atoms with Gasteiger partial charge >= 0.3 is 0 Å². The average molecular weight is 296 g/mol. The van der Waals surface area contributed by atoms with E-state index in [2.05, 4.69) is 22.0 Å². The van der Waals surface area contributed by atoms with Gasteiger partial charge in [0, 0.05) is 25.7 Å². The Kier molecular flexibility index (Phi) is 6.93. The third-order valence-corrected chi connectivity index (χ3v) is 4.76. The van der Waals surface area contributed by atoms with Gasteiger partial charge in [-0.3, -0.25) is 14.6 Å². The highest BCUT2D eigenvalue weighted by molar-refractivity contribution is 5.78. The Bertz CT molecular complexity index is 319. The van der Waals surface area contributed by atoms with Gasteiger partial charge in [0.15, 0.2) is 0 Å². The summed E-state index contributed by atoms with van der Waals surface area (Å²) in [7, 11) is 0. The number of nitrogens with two attached hydrogens (primary N) is 1. The first-order valence-corrected chi connectivity index (χ1v) is 8.66. The molecule has 1 unspecified atom stereocenters. The SMILES string of the molecule is CCC(CCN)N1CCCN(CC(=O)NCC2CC2)CC1. The predicted octanol–water partition coefficient (Wildman–Crippen LogP) is 0.648. The Morgan fingerprint density at radius 3 is 2.76 bits per heavy atom. The summed E-state index contributed by atoms with van der Waals surface area (Å²) in [4.78, 5) is 16.8. The second-order valence-corrected chi connectivity index (χ2v) is 6.55. The van der Waals surface area contributed by atoms with Gasteiger partial charge in [0.2, 0.25) is 5.91 Å². The number of nitrogens with one attached hydrogen (secondary N) is 1. The summed E-state index contributed by atoms with van der Waals surface area (Å²) >= 11 is 0. The molecule has 3 N–H and O–H groups in total. The standard InChI is InChI=1S/C16H32N4O/c1-2-15(6-7-17)20-9-3-8-19(10-11-20)13-16(21)18-12-14-4-5-14/h14-15H,2-13,17H2,1H3,(H,18,21). The van der Waals surface area contributed by atoms with E-state index in [1.165, 1.54) is 19.3 Å². The summed E-state index contributed by atoms with van der Waals surface area (Å²) < 4.78 is 0. The fourth-order valence-electron chi connectivity index (χ4n) is 3.19. The third-order valence-electron chi connectivity index (χ3n) is 4.76. The molecule has 1 amide bonds. The lowest BCUT2D eigenvalue weighted by molar-refractivity contribution is -0.122. The Morgan fingerprint density at radius 1 is 1.29 bits per heavy atom. The topological polar surface area (TPSA) is 61.6 Å². The van der Waals surface area contributed by atoms with Crippen molar-refractivity contribution >= 4 is 5.91 Å². The number of carbonyl (C=O) groups excluding carboxylic acids is 1. The molecule has 1 saturated carbocycles. The second-order valence-electron chi connectivity index (χ2n) is 6.55. The highest BCUT2D eigenvalue weighted by Gasteiger charge is 2.23. The zero-order valence-corrected chi connectivity index (χ0v) is 13.5. The van der Waals surface area contributed by atoms with E-state index >= 15 is 0 Å². The number of hydrogen-bond donors (Lipinski definition) is 2. The summed E-state index contributed by atoms with van der Waals surface area (Å²) in [5, 5.41) is 3.07. The van der Waals surface area contributed by atoms with Gasteiger partial charge in [0.25, 0.3) is 0 Å². The van der Waals surface area contributed by atoms with Crippen LogP contribution in [0.2, 0.25) is 0 Å². The van der Waals surface area contributed by atoms with Crippen LogP contribution in [-0.4, -0.2) is 67.6 Å². The van der Waals surface area contributed by atoms with Gasteiger partial charge in [-0.25, -0.2) is 0 Å². The van der Waals surface area contributed by atoms with E-state index in [0.717, 1.165) is 58.0 Å². The average Bonchev–Trinajstić information content (AvgIpc) is 3.30. The van der Waals surface area contributed by atoms with Crippen molar-refractivity contribution in [2.45, 2.75) is 45.1 Å². The minimum atomic E-state index is 0.198. The highest BCUT2D eigenvalue weighted by Crippen LogP contribution is 2.27. The molecule has 0 spiro atoms. The van der Waals surface area contributed by atoms with Crippen LogP contribution >= 0.6 is 0 Å². The fourth-order valence-corrected chi connectivity index (χ4v) is 3.19. The maximum Gasteiger partial charge on any atom is 0.234 e. The first-order chi connectivity index (χ1) is 10.2. The summed E-state index contributed by atoms with van der Waals surface area (Å²) in [5.74, 6) is 0.958. The lowest BCUT2D eigenvalue weighted by Gasteiger charge is -2.29. The minimum absolute atomic E-state index is 0.198. The first kappa shape index (κ1) is 16.7. The summed E-state index contributed by atoms with van der Waals surface area (Å²) in [6.45, 7) is 8.69. The maximum atomic E-state index is 11.9. The molecule has 5 nitrogen and oxygen atoms in total. The molecule has 1 aliphatic heterocycles. The quantitative estimate of drug-likeness (QED) is 0.690. The maximum absolute atomic E-state index is 11.9. The van der Waals surface area contributed by atoms with Gasteiger partial charge < -0.3 is 11.1 Å². The van der Waals surface area contributed by atoms with Gasteiger partial charge in [0.1, 0.15) is 0 Å². The molecule has 0 radical (unpaired) electrons. The molecule has 1 atom stereocenters. The Hall–Kier alpha value is -0.650. The van der Waals surface area contributed by atoms with E-state index in [9.17, 15) is 4.79 Å². The van der Waals surface area contributed by atoms with E-state index in [-0.39, 0.29) is 5.91 Å². The van der Waals surface area contributed by atoms with E-state index in [4.69, 9.17) is 5.73 Å². The minimum Gasteiger partial charge on any atom is -0.355 e. The highest BCUT2D eigenvalue weighted by atomic mass is 16.2. The third kappa shape index (κ3) is 5.93. The van der Waals surface area contributed by atoms with Crippen LogP contribution < -0.4 is 11.1 Å². The van der Waals surface area contributed by atoms with E-state index in [1.54, 1.807) is 0 Å². The van der Waals surface area contributed by atoms with Crippen molar-refractivity contribution < 1.29 is 4.79 Å². The number of amides is 1. The first-order valence-electron chi connectivity index (χ1n) is 8.66. The van der Waals surface area contributed by atoms with Gasteiger partial charge in [0.05, 0.1) is 6.54 Å². The van der Waals surface area contributed by atoms with Crippen molar-refractivity contribution in [1.29, 1.82) is 0 Å². The van der Waals surface area contributed by atoms with Crippen LogP contribution in [0, 0.1) is 5.92 Å². The monoisotopic (exact) mass is 296 g/mol. The molecule has 2 fully saturated rings. The fraction of sp³-hybridized carbons (Fsp3) is 0.938. The summed E-state index contributed by atoms with van der Waals surface area (Å²) in [6, 6.07) is 0.610. The number of rotatable bonds is 8. The number of hydrogen-bond acceptors (Lipinski definition) is 4.